The quantitative estimate of drug-likeness (QED) is 0.0169. The maximum absolute atomic E-state index is 13.1. The zero-order chi connectivity index (χ0) is 71.8. The Hall–Kier alpha value is -4.28. The fraction of sp³-hybridized carbons (Fsp3) is 0.722. The molecule has 0 aliphatic heterocycles. The summed E-state index contributed by atoms with van der Waals surface area (Å²) in [5.74, 6) is -2.34. The lowest BCUT2D eigenvalue weighted by molar-refractivity contribution is -0.161. The molecular formula is C79H136O17P2. The van der Waals surface area contributed by atoms with E-state index in [0.29, 0.717) is 25.7 Å². The molecule has 0 aliphatic rings. The number of aliphatic hydroxyl groups excluding tert-OH is 1. The Balaban J connectivity index is 5.41. The molecule has 0 spiro atoms. The van der Waals surface area contributed by atoms with E-state index in [1.54, 1.807) is 6.08 Å². The van der Waals surface area contributed by atoms with Gasteiger partial charge in [0.05, 0.1) is 32.8 Å². The summed E-state index contributed by atoms with van der Waals surface area (Å²) < 4.78 is 68.3. The molecule has 0 aromatic carbocycles. The van der Waals surface area contributed by atoms with Crippen LogP contribution in [0.3, 0.4) is 0 Å². The first kappa shape index (κ1) is 93.7. The van der Waals surface area contributed by atoms with Crippen molar-refractivity contribution in [2.75, 3.05) is 39.6 Å². The first-order valence-corrected chi connectivity index (χ1v) is 41.1. The molecule has 0 aromatic rings. The normalized spacial score (nSPS) is 14.6. The summed E-state index contributed by atoms with van der Waals surface area (Å²) in [6.07, 6.45) is 75.4. The number of carbonyl (C=O) groups is 4. The number of rotatable bonds is 71. The molecule has 17 nitrogen and oxygen atoms in total. The second-order valence-corrected chi connectivity index (χ2v) is 28.1. The Bertz CT molecular complexity index is 2290. The van der Waals surface area contributed by atoms with Crippen molar-refractivity contribution in [2.45, 2.75) is 329 Å². The highest BCUT2D eigenvalue weighted by Crippen LogP contribution is 2.45. The minimum atomic E-state index is -4.99. The Kier molecular flexibility index (Phi) is 68.0. The zero-order valence-corrected chi connectivity index (χ0v) is 63.2. The maximum Gasteiger partial charge on any atom is 0.472 e. The largest absolute Gasteiger partial charge is 0.472 e. The third-order valence-corrected chi connectivity index (χ3v) is 17.7. The molecular weight excluding hydrogens is 1280 g/mol. The molecule has 0 rings (SSSR count). The summed E-state index contributed by atoms with van der Waals surface area (Å²) in [7, 11) is -9.98. The molecule has 0 aromatic heterocycles. The van der Waals surface area contributed by atoms with Crippen molar-refractivity contribution < 1.29 is 80.2 Å². The number of hydrogen-bond acceptors (Lipinski definition) is 15. The van der Waals surface area contributed by atoms with Crippen LogP contribution < -0.4 is 0 Å². The van der Waals surface area contributed by atoms with Crippen molar-refractivity contribution in [2.24, 2.45) is 0 Å². The van der Waals surface area contributed by atoms with Crippen LogP contribution in [0.2, 0.25) is 0 Å². The monoisotopic (exact) mass is 1420 g/mol. The highest BCUT2D eigenvalue weighted by Gasteiger charge is 2.30. The van der Waals surface area contributed by atoms with E-state index < -0.39 is 97.5 Å². The smallest absolute Gasteiger partial charge is 0.462 e. The number of phosphoric acid groups is 2. The first-order chi connectivity index (χ1) is 47.7. The van der Waals surface area contributed by atoms with Gasteiger partial charge in [-0.15, -0.1) is 0 Å². The molecule has 19 heteroatoms. The van der Waals surface area contributed by atoms with E-state index in [1.807, 2.05) is 18.2 Å². The van der Waals surface area contributed by atoms with Crippen LogP contribution >= 0.6 is 15.6 Å². The molecule has 0 saturated heterocycles. The molecule has 5 unspecified atom stereocenters. The highest BCUT2D eigenvalue weighted by atomic mass is 31.2. The molecule has 0 saturated carbocycles. The second-order valence-electron chi connectivity index (χ2n) is 25.2. The zero-order valence-electron chi connectivity index (χ0n) is 61.4. The number of carbonyl (C=O) groups excluding carboxylic acids is 4. The van der Waals surface area contributed by atoms with E-state index >= 15 is 0 Å². The number of unbranched alkanes of at least 4 members (excludes halogenated alkanes) is 28. The Morgan fingerprint density at radius 1 is 0.306 bits per heavy atom. The molecule has 0 fully saturated rings. The van der Waals surface area contributed by atoms with Crippen LogP contribution in [0.25, 0.3) is 0 Å². The Morgan fingerprint density at radius 2 is 0.571 bits per heavy atom. The van der Waals surface area contributed by atoms with Crippen molar-refractivity contribution in [3.8, 4) is 0 Å². The number of ether oxygens (including phenoxy) is 4. The van der Waals surface area contributed by atoms with Gasteiger partial charge in [0.15, 0.2) is 12.2 Å². The van der Waals surface area contributed by atoms with Crippen molar-refractivity contribution in [3.63, 3.8) is 0 Å². The lowest BCUT2D eigenvalue weighted by atomic mass is 10.0. The van der Waals surface area contributed by atoms with Crippen LogP contribution in [0.4, 0.5) is 0 Å². The lowest BCUT2D eigenvalue weighted by Gasteiger charge is -2.21. The minimum absolute atomic E-state index is 0.0697. The molecule has 0 aliphatic carbocycles. The van der Waals surface area contributed by atoms with Gasteiger partial charge in [-0.2, -0.15) is 0 Å². The molecule has 0 radical (unpaired) electrons. The number of phosphoric ester groups is 2. The summed E-state index contributed by atoms with van der Waals surface area (Å²) in [5.41, 5.74) is 0. The van der Waals surface area contributed by atoms with Gasteiger partial charge in [-0.05, 0) is 109 Å². The lowest BCUT2D eigenvalue weighted by Crippen LogP contribution is -2.30. The molecule has 98 heavy (non-hydrogen) atoms. The molecule has 564 valence electrons. The summed E-state index contributed by atoms with van der Waals surface area (Å²) in [5, 5.41) is 10.6. The van der Waals surface area contributed by atoms with Gasteiger partial charge < -0.3 is 33.8 Å². The predicted molar refractivity (Wildman–Crippen MR) is 399 cm³/mol. The number of hydrogen-bond donors (Lipinski definition) is 3. The topological polar surface area (TPSA) is 237 Å². The van der Waals surface area contributed by atoms with E-state index in [1.165, 1.54) is 89.9 Å². The predicted octanol–water partition coefficient (Wildman–Crippen LogP) is 21.8. The third-order valence-electron chi connectivity index (χ3n) is 15.8. The van der Waals surface area contributed by atoms with Crippen LogP contribution in [0, 0.1) is 0 Å². The van der Waals surface area contributed by atoms with Crippen LogP contribution in [0.1, 0.15) is 310 Å². The maximum atomic E-state index is 13.1. The third kappa shape index (κ3) is 70.2. The number of allylic oxidation sites excluding steroid dienone is 17. The fourth-order valence-electron chi connectivity index (χ4n) is 10.0. The van der Waals surface area contributed by atoms with Crippen LogP contribution in [0.5, 0.6) is 0 Å². The average molecular weight is 1420 g/mol. The van der Waals surface area contributed by atoms with Crippen LogP contribution in [-0.2, 0) is 65.4 Å². The molecule has 0 bridgehead atoms. The second kappa shape index (κ2) is 71.1. The van der Waals surface area contributed by atoms with Gasteiger partial charge in [0, 0.05) is 19.3 Å². The van der Waals surface area contributed by atoms with Crippen molar-refractivity contribution in [1.82, 2.24) is 0 Å². The van der Waals surface area contributed by atoms with Gasteiger partial charge in [-0.1, -0.05) is 285 Å². The average Bonchev–Trinajstić information content (AvgIpc) is 1.04. The van der Waals surface area contributed by atoms with E-state index in [-0.39, 0.29) is 25.7 Å². The minimum Gasteiger partial charge on any atom is -0.462 e. The summed E-state index contributed by atoms with van der Waals surface area (Å²) in [4.78, 5) is 72.8. The van der Waals surface area contributed by atoms with Crippen molar-refractivity contribution >= 4 is 39.5 Å². The van der Waals surface area contributed by atoms with Gasteiger partial charge in [0.1, 0.15) is 19.3 Å². The summed E-state index contributed by atoms with van der Waals surface area (Å²) in [6.45, 7) is 4.51. The van der Waals surface area contributed by atoms with Gasteiger partial charge in [-0.25, -0.2) is 9.13 Å². The van der Waals surface area contributed by atoms with Crippen LogP contribution in [-0.4, -0.2) is 96.7 Å². The first-order valence-electron chi connectivity index (χ1n) is 38.1. The van der Waals surface area contributed by atoms with Gasteiger partial charge in [0.25, 0.3) is 0 Å². The SMILES string of the molecule is CC/C=C\C/C=C\C/C=C\C/C=C\C/C=C\CC(=O)OCC(COP(=O)(O)OCC(O)COP(=O)(O)OCC(COC(=O)CCCCCCC/C=C\C/C=C\C/C=C\CC)OC(=O)CCCCCCC/C=C\CCCCCC)OC(=O)CCCCCCCCCCCCCCCCC. The molecule has 3 N–H and O–H groups in total. The number of aliphatic hydroxyl groups is 1. The highest BCUT2D eigenvalue weighted by molar-refractivity contribution is 7.47. The summed E-state index contributed by atoms with van der Waals surface area (Å²) in [6, 6.07) is 0. The van der Waals surface area contributed by atoms with Gasteiger partial charge in [-0.3, -0.25) is 37.3 Å². The van der Waals surface area contributed by atoms with Gasteiger partial charge in [0.2, 0.25) is 0 Å². The molecule has 5 atom stereocenters. The van der Waals surface area contributed by atoms with E-state index in [4.69, 9.17) is 37.0 Å². The van der Waals surface area contributed by atoms with E-state index in [9.17, 15) is 43.2 Å². The standard InChI is InChI=1S/C79H136O17P2/c1-5-9-13-17-21-25-29-33-36-40-43-47-51-55-59-63-76(81)89-69-74(95-78(83)65-61-57-53-49-45-39-32-28-24-20-16-12-8-4)71-93-97(85,86)91-67-73(80)68-92-98(87,88)94-72-75(96-79(84)66-62-58-54-50-46-42-38-35-31-27-23-19-15-11-7-3)70-90-77(82)64-60-56-52-48-44-41-37-34-30-26-22-18-14-10-6-2/h9-10,13-14,21-22,25-26,28,32-34,36-37,44,48,56,60,73-75,80H,5-8,11-12,15-20,23-24,27,29-31,35,38-43,45-47,49-55,57-59,61-72H2,1-4H3,(H,85,86)(H,87,88)/b13-9-,14-10-,25-21-,26-22-,32-28-,36-33-,37-34-,48-44-,60-56-. The van der Waals surface area contributed by atoms with E-state index in [2.05, 4.69) is 113 Å². The molecule has 0 heterocycles. The summed E-state index contributed by atoms with van der Waals surface area (Å²) >= 11 is 0. The number of esters is 4. The van der Waals surface area contributed by atoms with Crippen LogP contribution in [0.15, 0.2) is 109 Å². The van der Waals surface area contributed by atoms with Crippen molar-refractivity contribution in [3.05, 3.63) is 109 Å². The van der Waals surface area contributed by atoms with Crippen molar-refractivity contribution in [1.29, 1.82) is 0 Å². The van der Waals surface area contributed by atoms with Gasteiger partial charge >= 0.3 is 39.5 Å². The Morgan fingerprint density at radius 3 is 0.929 bits per heavy atom. The molecule has 0 amide bonds. The Labute approximate surface area is 594 Å². The van der Waals surface area contributed by atoms with E-state index in [0.717, 1.165) is 141 Å². The fourth-order valence-corrected chi connectivity index (χ4v) is 11.6.